The lowest BCUT2D eigenvalue weighted by molar-refractivity contribution is -0.147. The molecule has 2 atom stereocenters. The molecule has 0 aliphatic carbocycles. The van der Waals surface area contributed by atoms with Gasteiger partial charge in [0.15, 0.2) is 5.79 Å². The van der Waals surface area contributed by atoms with E-state index in [1.54, 1.807) is 26.0 Å². The summed E-state index contributed by atoms with van der Waals surface area (Å²) < 4.78 is 51.3. The molecule has 2 rings (SSSR count). The van der Waals surface area contributed by atoms with E-state index in [-0.39, 0.29) is 13.2 Å². The molecule has 0 bridgehead atoms. The highest BCUT2D eigenvalue weighted by Crippen LogP contribution is 2.54. The van der Waals surface area contributed by atoms with Crippen LogP contribution in [0.15, 0.2) is 29.2 Å². The molecule has 1 aliphatic rings. The van der Waals surface area contributed by atoms with Crippen LogP contribution in [0.1, 0.15) is 39.2 Å². The molecule has 0 unspecified atom stereocenters. The first-order valence-corrected chi connectivity index (χ1v) is 12.0. The summed E-state index contributed by atoms with van der Waals surface area (Å²) in [7, 11) is -5.07. The summed E-state index contributed by atoms with van der Waals surface area (Å²) in [6, 6.07) is 7.34. The molecule has 0 saturated carbocycles. The summed E-state index contributed by atoms with van der Waals surface area (Å²) in [5.41, 5.74) is 1.07. The molecule has 27 heavy (non-hydrogen) atoms. The van der Waals surface area contributed by atoms with E-state index < -0.39 is 30.2 Å². The average Bonchev–Trinajstić information content (AvgIpc) is 3.06. The van der Waals surface area contributed by atoms with Crippen molar-refractivity contribution in [3.05, 3.63) is 29.8 Å². The Morgan fingerprint density at radius 3 is 2.26 bits per heavy atom. The van der Waals surface area contributed by atoms with E-state index in [1.807, 2.05) is 26.0 Å². The molecule has 7 nitrogen and oxygen atoms in total. The van der Waals surface area contributed by atoms with Crippen molar-refractivity contribution in [3.8, 4) is 0 Å². The quantitative estimate of drug-likeness (QED) is 0.550. The highest BCUT2D eigenvalue weighted by molar-refractivity contribution is 7.83. The topological polar surface area (TPSA) is 83.1 Å². The first-order valence-electron chi connectivity index (χ1n) is 9.23. The Bertz CT molecular complexity index is 652. The van der Waals surface area contributed by atoms with Gasteiger partial charge in [0, 0.05) is 6.42 Å². The van der Waals surface area contributed by atoms with Crippen LogP contribution in [-0.4, -0.2) is 42.2 Å². The van der Waals surface area contributed by atoms with E-state index in [0.717, 1.165) is 5.56 Å². The third kappa shape index (κ3) is 6.46. The number of hydrogen-bond acceptors (Lipinski definition) is 6. The lowest BCUT2D eigenvalue weighted by atomic mass is 10.2. The molecule has 1 saturated heterocycles. The van der Waals surface area contributed by atoms with Gasteiger partial charge in [-0.1, -0.05) is 17.7 Å². The van der Waals surface area contributed by atoms with E-state index in [4.69, 9.17) is 18.5 Å². The summed E-state index contributed by atoms with van der Waals surface area (Å²) in [5, 5.41) is 0. The summed E-state index contributed by atoms with van der Waals surface area (Å²) >= 11 is 0. The van der Waals surface area contributed by atoms with Gasteiger partial charge in [-0.25, -0.2) is 8.93 Å². The van der Waals surface area contributed by atoms with Gasteiger partial charge >= 0.3 is 7.60 Å². The normalized spacial score (nSPS) is 19.1. The van der Waals surface area contributed by atoms with Gasteiger partial charge in [0.05, 0.1) is 31.3 Å². The molecule has 1 fully saturated rings. The molecule has 0 aromatic heterocycles. The lowest BCUT2D eigenvalue weighted by Crippen LogP contribution is -2.35. The van der Waals surface area contributed by atoms with Crippen LogP contribution in [0.5, 0.6) is 0 Å². The van der Waals surface area contributed by atoms with Crippen LogP contribution in [0.3, 0.4) is 0 Å². The lowest BCUT2D eigenvalue weighted by Gasteiger charge is -2.29. The number of hydrogen-bond donors (Lipinski definition) is 1. The molecule has 1 heterocycles. The van der Waals surface area contributed by atoms with Crippen molar-refractivity contribution in [2.75, 3.05) is 26.4 Å². The van der Waals surface area contributed by atoms with Gasteiger partial charge < -0.3 is 18.5 Å². The standard InChI is InChI=1S/C18H30NO6PS/c1-5-24-26(20,25-6-2)17(11-12-18(4)22-13-14-23-18)19-27(21)16-9-7-15(3)8-10-16/h7-10,17,19H,5-6,11-14H2,1-4H3/t17-,27+/m1/s1. The minimum absolute atomic E-state index is 0.233. The summed E-state index contributed by atoms with van der Waals surface area (Å²) in [6.45, 7) is 8.84. The zero-order valence-electron chi connectivity index (χ0n) is 16.4. The van der Waals surface area contributed by atoms with Crippen molar-refractivity contribution >= 4 is 18.6 Å². The summed E-state index contributed by atoms with van der Waals surface area (Å²) in [4.78, 5) is 0.602. The van der Waals surface area contributed by atoms with Crippen LogP contribution >= 0.6 is 7.60 Å². The van der Waals surface area contributed by atoms with Gasteiger partial charge in [-0.2, -0.15) is 0 Å². The smallest absolute Gasteiger partial charge is 0.348 e. The largest absolute Gasteiger partial charge is 0.348 e. The molecular formula is C18H30NO6PS. The van der Waals surface area contributed by atoms with Crippen LogP contribution in [-0.2, 0) is 34.1 Å². The van der Waals surface area contributed by atoms with E-state index in [9.17, 15) is 8.77 Å². The Hall–Kier alpha value is -0.600. The fraction of sp³-hybridized carbons (Fsp3) is 0.667. The fourth-order valence-electron chi connectivity index (χ4n) is 2.81. The van der Waals surface area contributed by atoms with E-state index >= 15 is 0 Å². The van der Waals surface area contributed by atoms with Crippen molar-refractivity contribution in [1.82, 2.24) is 4.72 Å². The minimum atomic E-state index is -3.52. The van der Waals surface area contributed by atoms with Gasteiger partial charge in [-0.05, 0) is 46.2 Å². The molecule has 154 valence electrons. The maximum absolute atomic E-state index is 13.3. The predicted molar refractivity (Wildman–Crippen MR) is 105 cm³/mol. The van der Waals surface area contributed by atoms with Gasteiger partial charge in [0.25, 0.3) is 0 Å². The van der Waals surface area contributed by atoms with Gasteiger partial charge in [-0.15, -0.1) is 0 Å². The van der Waals surface area contributed by atoms with Crippen molar-refractivity contribution < 1.29 is 27.3 Å². The van der Waals surface area contributed by atoms with Crippen LogP contribution in [0, 0.1) is 6.92 Å². The monoisotopic (exact) mass is 419 g/mol. The highest BCUT2D eigenvalue weighted by Gasteiger charge is 2.40. The number of aryl methyl sites for hydroxylation is 1. The maximum Gasteiger partial charge on any atom is 0.348 e. The molecule has 0 amide bonds. The third-order valence-electron chi connectivity index (χ3n) is 4.25. The van der Waals surface area contributed by atoms with E-state index in [0.29, 0.717) is 31.0 Å². The Morgan fingerprint density at radius 2 is 1.74 bits per heavy atom. The molecule has 1 aromatic rings. The summed E-state index contributed by atoms with van der Waals surface area (Å²) in [6.07, 6.45) is 0.839. The molecule has 1 aromatic carbocycles. The third-order valence-corrected chi connectivity index (χ3v) is 8.01. The van der Waals surface area contributed by atoms with Crippen molar-refractivity contribution in [2.45, 2.75) is 57.0 Å². The first-order chi connectivity index (χ1) is 12.8. The van der Waals surface area contributed by atoms with Crippen molar-refractivity contribution in [2.24, 2.45) is 0 Å². The van der Waals surface area contributed by atoms with Crippen LogP contribution in [0.25, 0.3) is 0 Å². The Labute approximate surface area is 164 Å². The van der Waals surface area contributed by atoms with Gasteiger partial charge in [0.2, 0.25) is 0 Å². The van der Waals surface area contributed by atoms with E-state index in [2.05, 4.69) is 4.72 Å². The van der Waals surface area contributed by atoms with Crippen molar-refractivity contribution in [3.63, 3.8) is 0 Å². The predicted octanol–water partition coefficient (Wildman–Crippen LogP) is 3.74. The fourth-order valence-corrected chi connectivity index (χ4v) is 6.10. The average molecular weight is 419 g/mol. The molecule has 9 heteroatoms. The second-order valence-electron chi connectivity index (χ2n) is 6.46. The molecule has 1 N–H and O–H groups in total. The zero-order chi connectivity index (χ0) is 19.9. The molecule has 0 spiro atoms. The number of ether oxygens (including phenoxy) is 2. The molecule has 0 radical (unpaired) electrons. The highest BCUT2D eigenvalue weighted by atomic mass is 32.2. The first kappa shape index (κ1) is 22.7. The Morgan fingerprint density at radius 1 is 1.19 bits per heavy atom. The SMILES string of the molecule is CCOP(=O)(OCC)[C@H](CCC1(C)OCCO1)N[S@@](=O)c1ccc(C)cc1. The zero-order valence-corrected chi connectivity index (χ0v) is 18.1. The minimum Gasteiger partial charge on any atom is -0.348 e. The Kier molecular flexibility index (Phi) is 8.62. The van der Waals surface area contributed by atoms with Crippen LogP contribution in [0.2, 0.25) is 0 Å². The second-order valence-corrected chi connectivity index (χ2v) is 9.92. The molecular weight excluding hydrogens is 389 g/mol. The molecule has 1 aliphatic heterocycles. The number of benzene rings is 1. The summed E-state index contributed by atoms with van der Waals surface area (Å²) in [5.74, 6) is -1.49. The van der Waals surface area contributed by atoms with Crippen LogP contribution < -0.4 is 4.72 Å². The number of rotatable bonds is 11. The van der Waals surface area contributed by atoms with E-state index in [1.165, 1.54) is 0 Å². The number of nitrogens with one attached hydrogen (secondary N) is 1. The Balaban J connectivity index is 2.17. The second kappa shape index (κ2) is 10.3. The maximum atomic E-state index is 13.3. The van der Waals surface area contributed by atoms with Crippen molar-refractivity contribution in [1.29, 1.82) is 0 Å². The van der Waals surface area contributed by atoms with Gasteiger partial charge in [0.1, 0.15) is 16.8 Å². The van der Waals surface area contributed by atoms with Gasteiger partial charge in [-0.3, -0.25) is 4.57 Å². The van der Waals surface area contributed by atoms with Crippen LogP contribution in [0.4, 0.5) is 0 Å².